The number of nitrogens with one attached hydrogen (secondary N) is 2. The molecule has 0 saturated carbocycles. The fraction of sp³-hybridized carbons (Fsp3) is 0.320. The Kier molecular flexibility index (Phi) is 6.77. The van der Waals surface area contributed by atoms with Gasteiger partial charge in [-0.3, -0.25) is 4.79 Å². The van der Waals surface area contributed by atoms with Crippen molar-refractivity contribution in [3.8, 4) is 0 Å². The Morgan fingerprint density at radius 2 is 1.65 bits per heavy atom. The van der Waals surface area contributed by atoms with Crippen molar-refractivity contribution >= 4 is 29.0 Å². The highest BCUT2D eigenvalue weighted by Crippen LogP contribution is 2.22. The quantitative estimate of drug-likeness (QED) is 0.562. The van der Waals surface area contributed by atoms with Crippen LogP contribution in [0.2, 0.25) is 0 Å². The molecule has 1 amide bonds. The fourth-order valence-corrected chi connectivity index (χ4v) is 3.76. The van der Waals surface area contributed by atoms with Gasteiger partial charge in [0.25, 0.3) is 0 Å². The monoisotopic (exact) mass is 415 g/mol. The van der Waals surface area contributed by atoms with Crippen molar-refractivity contribution in [1.29, 1.82) is 0 Å². The number of amides is 1. The van der Waals surface area contributed by atoms with Crippen molar-refractivity contribution < 1.29 is 4.79 Å². The molecule has 2 aromatic carbocycles. The standard InChI is InChI=1S/C25H29N5O/c1-19-18-23(29-25(26-19)30-16-6-3-7-17-30)27-21-11-13-22(14-12-21)28-24(31)15-10-20-8-4-2-5-9-20/h2,4-5,8-9,11-14,18H,3,6-7,10,15-17H2,1H3,(H,28,31)(H,26,27,29). The minimum absolute atomic E-state index is 0.0159. The number of nitrogens with zero attached hydrogens (tertiary/aromatic N) is 3. The molecule has 1 fully saturated rings. The summed E-state index contributed by atoms with van der Waals surface area (Å²) in [7, 11) is 0. The number of benzene rings is 2. The molecule has 1 aliphatic rings. The van der Waals surface area contributed by atoms with E-state index in [1.54, 1.807) is 0 Å². The molecule has 0 aliphatic carbocycles. The van der Waals surface area contributed by atoms with Crippen molar-refractivity contribution in [2.24, 2.45) is 0 Å². The van der Waals surface area contributed by atoms with Crippen molar-refractivity contribution in [3.05, 3.63) is 71.9 Å². The van der Waals surface area contributed by atoms with Crippen LogP contribution >= 0.6 is 0 Å². The van der Waals surface area contributed by atoms with E-state index in [9.17, 15) is 4.79 Å². The molecule has 2 N–H and O–H groups in total. The van der Waals surface area contributed by atoms with E-state index in [0.29, 0.717) is 6.42 Å². The minimum Gasteiger partial charge on any atom is -0.341 e. The van der Waals surface area contributed by atoms with Gasteiger partial charge < -0.3 is 15.5 Å². The SMILES string of the molecule is Cc1cc(Nc2ccc(NC(=O)CCc3ccccc3)cc2)nc(N2CCCCC2)n1. The Morgan fingerprint density at radius 1 is 0.935 bits per heavy atom. The maximum Gasteiger partial charge on any atom is 0.227 e. The van der Waals surface area contributed by atoms with Crippen LogP contribution in [-0.2, 0) is 11.2 Å². The summed E-state index contributed by atoms with van der Waals surface area (Å²) in [4.78, 5) is 23.8. The lowest BCUT2D eigenvalue weighted by Crippen LogP contribution is -2.31. The smallest absolute Gasteiger partial charge is 0.227 e. The van der Waals surface area contributed by atoms with Crippen LogP contribution in [0.4, 0.5) is 23.1 Å². The van der Waals surface area contributed by atoms with E-state index in [1.807, 2.05) is 67.6 Å². The van der Waals surface area contributed by atoms with Crippen LogP contribution in [0.15, 0.2) is 60.7 Å². The molecule has 1 aliphatic heterocycles. The van der Waals surface area contributed by atoms with Gasteiger partial charge in [-0.05, 0) is 62.4 Å². The topological polar surface area (TPSA) is 70.2 Å². The summed E-state index contributed by atoms with van der Waals surface area (Å²) in [6, 6.07) is 19.7. The average Bonchev–Trinajstić information content (AvgIpc) is 2.80. The lowest BCUT2D eigenvalue weighted by molar-refractivity contribution is -0.116. The number of rotatable bonds is 7. The van der Waals surface area contributed by atoms with Gasteiger partial charge in [-0.25, -0.2) is 4.98 Å². The Bertz CT molecular complexity index is 998. The number of carbonyl (C=O) groups excluding carboxylic acids is 1. The highest BCUT2D eigenvalue weighted by Gasteiger charge is 2.14. The molecule has 2 heterocycles. The van der Waals surface area contributed by atoms with Crippen molar-refractivity contribution in [2.75, 3.05) is 28.6 Å². The van der Waals surface area contributed by atoms with Crippen LogP contribution in [0.1, 0.15) is 36.9 Å². The van der Waals surface area contributed by atoms with Crippen molar-refractivity contribution in [2.45, 2.75) is 39.0 Å². The summed E-state index contributed by atoms with van der Waals surface area (Å²) in [6.07, 6.45) is 4.86. The first kappa shape index (κ1) is 20.8. The van der Waals surface area contributed by atoms with Gasteiger partial charge in [-0.2, -0.15) is 4.98 Å². The third-order valence-electron chi connectivity index (χ3n) is 5.41. The zero-order valence-electron chi connectivity index (χ0n) is 18.0. The summed E-state index contributed by atoms with van der Waals surface area (Å²) in [5.74, 6) is 1.60. The van der Waals surface area contributed by atoms with E-state index in [1.165, 1.54) is 24.8 Å². The third-order valence-corrected chi connectivity index (χ3v) is 5.41. The van der Waals surface area contributed by atoms with Crippen LogP contribution in [0, 0.1) is 6.92 Å². The van der Waals surface area contributed by atoms with Crippen LogP contribution in [0.3, 0.4) is 0 Å². The van der Waals surface area contributed by atoms with Gasteiger partial charge in [-0.15, -0.1) is 0 Å². The second kappa shape index (κ2) is 10.1. The molecule has 31 heavy (non-hydrogen) atoms. The molecular weight excluding hydrogens is 386 g/mol. The van der Waals surface area contributed by atoms with E-state index >= 15 is 0 Å². The van der Waals surface area contributed by atoms with Gasteiger partial charge in [0.1, 0.15) is 5.82 Å². The number of piperidine rings is 1. The first-order valence-corrected chi connectivity index (χ1v) is 11.0. The average molecular weight is 416 g/mol. The van der Waals surface area contributed by atoms with E-state index in [2.05, 4.69) is 20.5 Å². The molecule has 6 heteroatoms. The van der Waals surface area contributed by atoms with Crippen LogP contribution in [0.5, 0.6) is 0 Å². The number of anilines is 4. The van der Waals surface area contributed by atoms with Gasteiger partial charge >= 0.3 is 0 Å². The maximum absolute atomic E-state index is 12.2. The molecule has 6 nitrogen and oxygen atoms in total. The van der Waals surface area contributed by atoms with Crippen LogP contribution in [-0.4, -0.2) is 29.0 Å². The number of hydrogen-bond donors (Lipinski definition) is 2. The number of carbonyl (C=O) groups is 1. The molecule has 1 aromatic heterocycles. The van der Waals surface area contributed by atoms with Gasteiger partial charge in [-0.1, -0.05) is 30.3 Å². The minimum atomic E-state index is 0.0159. The summed E-state index contributed by atoms with van der Waals surface area (Å²) in [5, 5.41) is 6.33. The largest absolute Gasteiger partial charge is 0.341 e. The molecule has 0 spiro atoms. The normalized spacial score (nSPS) is 13.6. The first-order valence-electron chi connectivity index (χ1n) is 11.0. The predicted octanol–water partition coefficient (Wildman–Crippen LogP) is 5.09. The lowest BCUT2D eigenvalue weighted by Gasteiger charge is -2.27. The molecule has 3 aromatic rings. The summed E-state index contributed by atoms with van der Waals surface area (Å²) in [6.45, 7) is 4.03. The molecule has 4 rings (SSSR count). The highest BCUT2D eigenvalue weighted by atomic mass is 16.1. The number of aromatic nitrogens is 2. The van der Waals surface area contributed by atoms with Gasteiger partial charge in [0.15, 0.2) is 0 Å². The second-order valence-corrected chi connectivity index (χ2v) is 7.98. The van der Waals surface area contributed by atoms with E-state index in [4.69, 9.17) is 4.98 Å². The van der Waals surface area contributed by atoms with Crippen LogP contribution in [0.25, 0.3) is 0 Å². The molecule has 1 saturated heterocycles. The summed E-state index contributed by atoms with van der Waals surface area (Å²) in [5.41, 5.74) is 3.82. The Hall–Kier alpha value is -3.41. The molecular formula is C25H29N5O. The Morgan fingerprint density at radius 3 is 2.39 bits per heavy atom. The zero-order valence-corrected chi connectivity index (χ0v) is 18.0. The molecule has 0 unspecified atom stereocenters. The molecule has 160 valence electrons. The highest BCUT2D eigenvalue weighted by molar-refractivity contribution is 5.91. The van der Waals surface area contributed by atoms with E-state index in [0.717, 1.165) is 48.3 Å². The summed E-state index contributed by atoms with van der Waals surface area (Å²) >= 11 is 0. The number of hydrogen-bond acceptors (Lipinski definition) is 5. The maximum atomic E-state index is 12.2. The van der Waals surface area contributed by atoms with Gasteiger partial charge in [0.05, 0.1) is 0 Å². The third kappa shape index (κ3) is 6.04. The summed E-state index contributed by atoms with van der Waals surface area (Å²) < 4.78 is 0. The Balaban J connectivity index is 1.34. The zero-order chi connectivity index (χ0) is 21.5. The predicted molar refractivity (Wildman–Crippen MR) is 126 cm³/mol. The molecule has 0 bridgehead atoms. The van der Waals surface area contributed by atoms with Gasteiger partial charge in [0.2, 0.25) is 11.9 Å². The van der Waals surface area contributed by atoms with Crippen LogP contribution < -0.4 is 15.5 Å². The fourth-order valence-electron chi connectivity index (χ4n) is 3.76. The van der Waals surface area contributed by atoms with E-state index in [-0.39, 0.29) is 5.91 Å². The molecule has 0 atom stereocenters. The van der Waals surface area contributed by atoms with Crippen molar-refractivity contribution in [3.63, 3.8) is 0 Å². The van der Waals surface area contributed by atoms with Gasteiger partial charge in [0, 0.05) is 42.6 Å². The Labute approximate surface area is 183 Å². The number of aryl methyl sites for hydroxylation is 2. The first-order chi connectivity index (χ1) is 15.2. The van der Waals surface area contributed by atoms with E-state index < -0.39 is 0 Å². The lowest BCUT2D eigenvalue weighted by atomic mass is 10.1. The second-order valence-electron chi connectivity index (χ2n) is 7.98. The molecule has 0 radical (unpaired) electrons. The van der Waals surface area contributed by atoms with Crippen molar-refractivity contribution in [1.82, 2.24) is 9.97 Å².